The highest BCUT2D eigenvalue weighted by Gasteiger charge is 2.30. The third-order valence-electron chi connectivity index (χ3n) is 5.80. The number of carbonyl (C=O) groups is 3. The molecule has 0 aliphatic heterocycles. The third-order valence-corrected chi connectivity index (χ3v) is 5.80. The molecule has 2 rings (SSSR count). The molecule has 0 unspecified atom stereocenters. The smallest absolute Gasteiger partial charge is 0.309 e. The second-order valence-electron chi connectivity index (χ2n) is 8.92. The Hall–Kier alpha value is -3.69. The lowest BCUT2D eigenvalue weighted by Gasteiger charge is -2.29. The van der Waals surface area contributed by atoms with E-state index < -0.39 is 42.4 Å². The van der Waals surface area contributed by atoms with Gasteiger partial charge in [0.2, 0.25) is 6.79 Å². The van der Waals surface area contributed by atoms with Crippen molar-refractivity contribution in [1.82, 2.24) is 4.98 Å². The number of carbonyl (C=O) groups excluding carboxylic acids is 3. The molecule has 37 heavy (non-hydrogen) atoms. The molecule has 0 aliphatic rings. The Balaban J connectivity index is 2.13. The molecule has 0 N–H and O–H groups in total. The van der Waals surface area contributed by atoms with Crippen LogP contribution < -0.4 is 14.2 Å². The van der Waals surface area contributed by atoms with Crippen LogP contribution in [-0.2, 0) is 19.1 Å². The van der Waals surface area contributed by atoms with Crippen LogP contribution in [0.4, 0.5) is 4.39 Å². The molecular weight excluding hydrogens is 485 g/mol. The first-order valence-corrected chi connectivity index (χ1v) is 11.9. The number of ether oxygens (including phenoxy) is 5. The van der Waals surface area contributed by atoms with Gasteiger partial charge >= 0.3 is 11.9 Å². The fourth-order valence-corrected chi connectivity index (χ4v) is 4.02. The molecule has 0 saturated carbocycles. The summed E-state index contributed by atoms with van der Waals surface area (Å²) in [4.78, 5) is 41.1. The molecule has 0 bridgehead atoms. The van der Waals surface area contributed by atoms with E-state index in [1.165, 1.54) is 45.5 Å². The topological polar surface area (TPSA) is 110 Å². The van der Waals surface area contributed by atoms with Gasteiger partial charge < -0.3 is 23.7 Å². The molecule has 202 valence electrons. The first kappa shape index (κ1) is 29.5. The zero-order chi connectivity index (χ0) is 27.7. The summed E-state index contributed by atoms with van der Waals surface area (Å²) in [6.45, 7) is 8.01. The normalized spacial score (nSPS) is 13.3. The fourth-order valence-electron chi connectivity index (χ4n) is 4.02. The molecule has 1 aromatic heterocycles. The number of hydrogen-bond donors (Lipinski definition) is 0. The van der Waals surface area contributed by atoms with E-state index in [-0.39, 0.29) is 41.2 Å². The van der Waals surface area contributed by atoms with Gasteiger partial charge in [0.15, 0.2) is 34.5 Å². The van der Waals surface area contributed by atoms with E-state index in [1.807, 2.05) is 13.8 Å². The van der Waals surface area contributed by atoms with Gasteiger partial charge in [0.1, 0.15) is 6.10 Å². The zero-order valence-corrected chi connectivity index (χ0v) is 22.2. The Labute approximate surface area is 216 Å². The average molecular weight is 520 g/mol. The standard InChI is InChI=1S/C27H34FNO8/c1-15(2)24(19-8-9-22(33-6)20(28)13-19)17(4)37-27(32)16(3)12-21(31)25-26(36-14-35-18(5)30)23(34-7)10-11-29-25/h8-11,13,15-17,24H,12,14H2,1-7H3/t16-,17+,24-/m1/s1. The van der Waals surface area contributed by atoms with Gasteiger partial charge in [-0.3, -0.25) is 14.4 Å². The zero-order valence-electron chi connectivity index (χ0n) is 22.2. The number of rotatable bonds is 13. The number of aromatic nitrogens is 1. The van der Waals surface area contributed by atoms with Crippen LogP contribution in [0, 0.1) is 17.7 Å². The Morgan fingerprint density at radius 3 is 2.24 bits per heavy atom. The maximum atomic E-state index is 14.3. The van der Waals surface area contributed by atoms with Crippen LogP contribution >= 0.6 is 0 Å². The number of nitrogens with zero attached hydrogens (tertiary/aromatic N) is 1. The van der Waals surface area contributed by atoms with Gasteiger partial charge in [-0.1, -0.05) is 26.8 Å². The summed E-state index contributed by atoms with van der Waals surface area (Å²) in [5, 5.41) is 0. The molecule has 1 aromatic carbocycles. The van der Waals surface area contributed by atoms with Crippen LogP contribution in [0.3, 0.4) is 0 Å². The molecule has 10 heteroatoms. The highest BCUT2D eigenvalue weighted by atomic mass is 19.1. The summed E-state index contributed by atoms with van der Waals surface area (Å²) in [5.41, 5.74) is 0.612. The molecule has 3 atom stereocenters. The number of hydrogen-bond acceptors (Lipinski definition) is 9. The molecule has 2 aromatic rings. The minimum atomic E-state index is -0.801. The minimum absolute atomic E-state index is 0.00610. The summed E-state index contributed by atoms with van der Waals surface area (Å²) < 4.78 is 40.5. The van der Waals surface area contributed by atoms with Gasteiger partial charge in [-0.15, -0.1) is 0 Å². The van der Waals surface area contributed by atoms with E-state index in [1.54, 1.807) is 19.9 Å². The lowest BCUT2D eigenvalue weighted by molar-refractivity contribution is -0.154. The van der Waals surface area contributed by atoms with E-state index in [0.717, 1.165) is 0 Å². The predicted molar refractivity (Wildman–Crippen MR) is 132 cm³/mol. The van der Waals surface area contributed by atoms with Crippen molar-refractivity contribution in [3.8, 4) is 17.2 Å². The lowest BCUT2D eigenvalue weighted by Crippen LogP contribution is -2.29. The van der Waals surface area contributed by atoms with Gasteiger partial charge in [-0.2, -0.15) is 0 Å². The van der Waals surface area contributed by atoms with Gasteiger partial charge in [-0.05, 0) is 30.5 Å². The largest absolute Gasteiger partial charge is 0.494 e. The predicted octanol–water partition coefficient (Wildman–Crippen LogP) is 4.72. The molecule has 0 aliphatic carbocycles. The Kier molecular flexibility index (Phi) is 10.8. The summed E-state index contributed by atoms with van der Waals surface area (Å²) in [7, 11) is 2.78. The van der Waals surface area contributed by atoms with Crippen molar-refractivity contribution < 1.29 is 42.5 Å². The number of benzene rings is 1. The monoisotopic (exact) mass is 519 g/mol. The van der Waals surface area contributed by atoms with E-state index in [9.17, 15) is 18.8 Å². The van der Waals surface area contributed by atoms with E-state index in [0.29, 0.717) is 5.56 Å². The van der Waals surface area contributed by atoms with Crippen molar-refractivity contribution in [2.45, 2.75) is 53.1 Å². The molecule has 0 radical (unpaired) electrons. The van der Waals surface area contributed by atoms with Gasteiger partial charge in [0.05, 0.1) is 20.1 Å². The summed E-state index contributed by atoms with van der Waals surface area (Å²) in [6, 6.07) is 6.16. The minimum Gasteiger partial charge on any atom is -0.494 e. The Morgan fingerprint density at radius 1 is 1.00 bits per heavy atom. The molecular formula is C27H34FNO8. The SMILES string of the molecule is COc1ccc([C@H](C(C)C)[C@H](C)OC(=O)[C@H](C)CC(=O)c2nccc(OC)c2OCOC(C)=O)cc1F. The fraction of sp³-hybridized carbons (Fsp3) is 0.481. The van der Waals surface area contributed by atoms with Crippen molar-refractivity contribution in [2.75, 3.05) is 21.0 Å². The number of halogens is 1. The van der Waals surface area contributed by atoms with E-state index in [2.05, 4.69) is 4.98 Å². The van der Waals surface area contributed by atoms with E-state index >= 15 is 0 Å². The van der Waals surface area contributed by atoms with Crippen LogP contribution in [0.5, 0.6) is 17.2 Å². The highest BCUT2D eigenvalue weighted by Crippen LogP contribution is 2.34. The number of methoxy groups -OCH3 is 2. The molecule has 1 heterocycles. The number of esters is 2. The van der Waals surface area contributed by atoms with Crippen LogP contribution in [0.25, 0.3) is 0 Å². The van der Waals surface area contributed by atoms with Crippen molar-refractivity contribution in [1.29, 1.82) is 0 Å². The van der Waals surface area contributed by atoms with Crippen molar-refractivity contribution in [2.24, 2.45) is 11.8 Å². The quantitative estimate of drug-likeness (QED) is 0.211. The first-order chi connectivity index (χ1) is 17.5. The molecule has 0 amide bonds. The average Bonchev–Trinajstić information content (AvgIpc) is 2.83. The van der Waals surface area contributed by atoms with E-state index in [4.69, 9.17) is 23.7 Å². The van der Waals surface area contributed by atoms with Gasteiger partial charge in [0.25, 0.3) is 0 Å². The summed E-state index contributed by atoms with van der Waals surface area (Å²) >= 11 is 0. The molecule has 0 fully saturated rings. The number of pyridine rings is 1. The highest BCUT2D eigenvalue weighted by molar-refractivity contribution is 5.99. The maximum Gasteiger partial charge on any atom is 0.309 e. The number of ketones is 1. The maximum absolute atomic E-state index is 14.3. The van der Waals surface area contributed by atoms with Crippen molar-refractivity contribution in [3.63, 3.8) is 0 Å². The van der Waals surface area contributed by atoms with Crippen LogP contribution in [-0.4, -0.2) is 49.8 Å². The van der Waals surface area contributed by atoms with Gasteiger partial charge in [-0.25, -0.2) is 9.37 Å². The van der Waals surface area contributed by atoms with Crippen LogP contribution in [0.15, 0.2) is 30.5 Å². The molecule has 0 spiro atoms. The first-order valence-electron chi connectivity index (χ1n) is 11.9. The van der Waals surface area contributed by atoms with Crippen LogP contribution in [0.1, 0.15) is 63.0 Å². The van der Waals surface area contributed by atoms with Crippen molar-refractivity contribution >= 4 is 17.7 Å². The second-order valence-corrected chi connectivity index (χ2v) is 8.92. The van der Waals surface area contributed by atoms with Crippen molar-refractivity contribution in [3.05, 3.63) is 47.5 Å². The lowest BCUT2D eigenvalue weighted by atomic mass is 9.84. The third kappa shape index (κ3) is 7.90. The molecule has 9 nitrogen and oxygen atoms in total. The van der Waals surface area contributed by atoms with Gasteiger partial charge in [0, 0.05) is 31.5 Å². The summed E-state index contributed by atoms with van der Waals surface area (Å²) in [6.07, 6.45) is 0.575. The summed E-state index contributed by atoms with van der Waals surface area (Å²) in [5.74, 6) is -2.81. The Bertz CT molecular complexity index is 1100. The van der Waals surface area contributed by atoms with Crippen LogP contribution in [0.2, 0.25) is 0 Å². The molecule has 0 saturated heterocycles. The Morgan fingerprint density at radius 2 is 1.68 bits per heavy atom. The second kappa shape index (κ2) is 13.6. The number of Topliss-reactive ketones (excluding diaryl/α,β-unsaturated/α-hetero) is 1.